The van der Waals surface area contributed by atoms with Crippen LogP contribution >= 0.6 is 0 Å². The van der Waals surface area contributed by atoms with Crippen LogP contribution in [-0.4, -0.2) is 60.3 Å². The van der Waals surface area contributed by atoms with Gasteiger partial charge in [-0.1, -0.05) is 18.2 Å². The molecule has 132 valence electrons. The van der Waals surface area contributed by atoms with Crippen LogP contribution in [0.4, 0.5) is 0 Å². The van der Waals surface area contributed by atoms with Gasteiger partial charge in [0.1, 0.15) is 0 Å². The normalized spacial score (nSPS) is 12.7. The molecule has 0 saturated heterocycles. The first-order chi connectivity index (χ1) is 11.0. The number of rotatable bonds is 10. The largest absolute Gasteiger partial charge is 0.536 e. The summed E-state index contributed by atoms with van der Waals surface area (Å²) in [4.78, 5) is 0. The molecular formula is C15H28O6Si2. The lowest BCUT2D eigenvalue weighted by molar-refractivity contribution is 0.123. The Balaban J connectivity index is 3.07. The van der Waals surface area contributed by atoms with Crippen molar-refractivity contribution in [2.24, 2.45) is 0 Å². The molecule has 23 heavy (non-hydrogen) atoms. The van der Waals surface area contributed by atoms with Crippen molar-refractivity contribution < 1.29 is 26.6 Å². The second-order valence-electron chi connectivity index (χ2n) is 5.11. The van der Waals surface area contributed by atoms with Crippen LogP contribution in [0.15, 0.2) is 18.2 Å². The number of hydrogen-bond acceptors (Lipinski definition) is 6. The molecule has 8 heteroatoms. The average molecular weight is 361 g/mol. The van der Waals surface area contributed by atoms with Crippen LogP contribution in [0.3, 0.4) is 0 Å². The summed E-state index contributed by atoms with van der Waals surface area (Å²) in [5.74, 6) is 0. The molecule has 0 fully saturated rings. The van der Waals surface area contributed by atoms with Crippen LogP contribution in [-0.2, 0) is 33.0 Å². The highest BCUT2D eigenvalue weighted by molar-refractivity contribution is 6.75. The fourth-order valence-corrected chi connectivity index (χ4v) is 6.11. The van der Waals surface area contributed by atoms with E-state index in [-0.39, 0.29) is 0 Å². The minimum Gasteiger partial charge on any atom is -0.377 e. The van der Waals surface area contributed by atoms with Gasteiger partial charge in [-0.25, -0.2) is 0 Å². The first kappa shape index (κ1) is 20.5. The molecule has 0 spiro atoms. The zero-order valence-electron chi connectivity index (χ0n) is 15.1. The summed E-state index contributed by atoms with van der Waals surface area (Å²) in [7, 11) is 4.28. The Morgan fingerprint density at radius 3 is 1.74 bits per heavy atom. The van der Waals surface area contributed by atoms with Crippen molar-refractivity contribution in [1.29, 1.82) is 0 Å². The molecule has 0 N–H and O–H groups in total. The Labute approximate surface area is 141 Å². The quantitative estimate of drug-likeness (QED) is 0.590. The van der Waals surface area contributed by atoms with Gasteiger partial charge in [0.2, 0.25) is 0 Å². The lowest BCUT2D eigenvalue weighted by Gasteiger charge is -2.26. The van der Waals surface area contributed by atoms with Crippen LogP contribution in [0.2, 0.25) is 6.04 Å². The SMILES string of the molecule is CO[Si](CCc1cc([Si](OC)(OC)OC)ccc1C)(OC)OC. The molecule has 0 heterocycles. The van der Waals surface area contributed by atoms with Gasteiger partial charge in [-0.05, 0) is 24.5 Å². The van der Waals surface area contributed by atoms with Crippen molar-refractivity contribution in [3.8, 4) is 0 Å². The lowest BCUT2D eigenvalue weighted by atomic mass is 10.1. The van der Waals surface area contributed by atoms with Crippen LogP contribution in [0, 0.1) is 6.92 Å². The Morgan fingerprint density at radius 1 is 0.783 bits per heavy atom. The summed E-state index contributed by atoms with van der Waals surface area (Å²) >= 11 is 0. The van der Waals surface area contributed by atoms with E-state index in [0.717, 1.165) is 11.6 Å². The van der Waals surface area contributed by atoms with Gasteiger partial charge >= 0.3 is 17.6 Å². The predicted molar refractivity (Wildman–Crippen MR) is 92.9 cm³/mol. The highest BCUT2D eigenvalue weighted by Crippen LogP contribution is 2.19. The summed E-state index contributed by atoms with van der Waals surface area (Å²) in [5, 5.41) is 0.935. The maximum atomic E-state index is 5.56. The summed E-state index contributed by atoms with van der Waals surface area (Å²) in [5.41, 5.74) is 2.36. The second-order valence-corrected chi connectivity index (χ2v) is 11.1. The molecule has 6 nitrogen and oxygen atoms in total. The second kappa shape index (κ2) is 9.04. The molecule has 0 aliphatic heterocycles. The van der Waals surface area contributed by atoms with Crippen LogP contribution in [0.25, 0.3) is 0 Å². The van der Waals surface area contributed by atoms with E-state index >= 15 is 0 Å². The molecule has 0 aliphatic rings. The number of hydrogen-bond donors (Lipinski definition) is 0. The minimum absolute atomic E-state index is 0.697. The fourth-order valence-electron chi connectivity index (χ4n) is 2.58. The standard InChI is InChI=1S/C15H28O6Si2/c1-13-8-9-15(23(19-5,20-6)21-7)12-14(13)10-11-22(16-2,17-3)18-4/h8-9,12H,10-11H2,1-7H3. The van der Waals surface area contributed by atoms with E-state index < -0.39 is 17.6 Å². The van der Waals surface area contributed by atoms with E-state index in [2.05, 4.69) is 19.1 Å². The fraction of sp³-hybridized carbons (Fsp3) is 0.600. The Morgan fingerprint density at radius 2 is 1.30 bits per heavy atom. The van der Waals surface area contributed by atoms with Crippen LogP contribution in [0.1, 0.15) is 11.1 Å². The van der Waals surface area contributed by atoms with E-state index in [0.29, 0.717) is 6.04 Å². The molecule has 1 aromatic rings. The predicted octanol–water partition coefficient (Wildman–Crippen LogP) is 1.50. The van der Waals surface area contributed by atoms with Crippen LogP contribution in [0.5, 0.6) is 0 Å². The van der Waals surface area contributed by atoms with Crippen molar-refractivity contribution in [2.75, 3.05) is 42.7 Å². The Bertz CT molecular complexity index is 472. The molecular weight excluding hydrogens is 332 g/mol. The molecule has 0 unspecified atom stereocenters. The summed E-state index contributed by atoms with van der Waals surface area (Å²) in [6, 6.07) is 6.83. The maximum absolute atomic E-state index is 5.56. The van der Waals surface area contributed by atoms with Gasteiger partial charge in [-0.3, -0.25) is 0 Å². The zero-order chi connectivity index (χ0) is 17.5. The van der Waals surface area contributed by atoms with Gasteiger partial charge in [0, 0.05) is 53.9 Å². The van der Waals surface area contributed by atoms with Gasteiger partial charge in [0.25, 0.3) is 0 Å². The molecule has 0 saturated carbocycles. The zero-order valence-corrected chi connectivity index (χ0v) is 17.1. The van der Waals surface area contributed by atoms with Crippen molar-refractivity contribution in [1.82, 2.24) is 0 Å². The van der Waals surface area contributed by atoms with Crippen molar-refractivity contribution in [2.45, 2.75) is 19.4 Å². The van der Waals surface area contributed by atoms with Crippen LogP contribution < -0.4 is 5.19 Å². The minimum atomic E-state index is -2.83. The third-order valence-corrected chi connectivity index (χ3v) is 9.50. The molecule has 1 rings (SSSR count). The summed E-state index contributed by atoms with van der Waals surface area (Å²) in [6.45, 7) is 2.07. The highest BCUT2D eigenvalue weighted by Gasteiger charge is 2.41. The summed E-state index contributed by atoms with van der Waals surface area (Å²) in [6.07, 6.45) is 0.781. The third-order valence-electron chi connectivity index (χ3n) is 4.14. The van der Waals surface area contributed by atoms with Gasteiger partial charge in [0.05, 0.1) is 0 Å². The van der Waals surface area contributed by atoms with E-state index in [4.69, 9.17) is 26.6 Å². The number of aryl methyl sites for hydroxylation is 2. The van der Waals surface area contributed by atoms with Crippen molar-refractivity contribution in [3.63, 3.8) is 0 Å². The van der Waals surface area contributed by atoms with E-state index in [1.165, 1.54) is 11.1 Å². The van der Waals surface area contributed by atoms with Gasteiger partial charge in [-0.2, -0.15) is 0 Å². The van der Waals surface area contributed by atoms with Gasteiger partial charge < -0.3 is 26.6 Å². The van der Waals surface area contributed by atoms with Crippen molar-refractivity contribution >= 4 is 22.8 Å². The maximum Gasteiger partial charge on any atom is 0.536 e. The van der Waals surface area contributed by atoms with Crippen molar-refractivity contribution in [3.05, 3.63) is 29.3 Å². The van der Waals surface area contributed by atoms with E-state index in [9.17, 15) is 0 Å². The first-order valence-corrected chi connectivity index (χ1v) is 11.0. The number of benzene rings is 1. The monoisotopic (exact) mass is 360 g/mol. The molecule has 0 radical (unpaired) electrons. The lowest BCUT2D eigenvalue weighted by Crippen LogP contribution is -2.54. The highest BCUT2D eigenvalue weighted by atomic mass is 28.4. The summed E-state index contributed by atoms with van der Waals surface area (Å²) < 4.78 is 33.1. The molecule has 0 bridgehead atoms. The van der Waals surface area contributed by atoms with E-state index in [1.54, 1.807) is 42.7 Å². The molecule has 0 amide bonds. The topological polar surface area (TPSA) is 55.4 Å². The molecule has 0 aliphatic carbocycles. The molecule has 1 aromatic carbocycles. The molecule has 0 aromatic heterocycles. The third kappa shape index (κ3) is 4.49. The Hall–Kier alpha value is -0.586. The molecule has 0 atom stereocenters. The van der Waals surface area contributed by atoms with Gasteiger partial charge in [-0.15, -0.1) is 0 Å². The van der Waals surface area contributed by atoms with Gasteiger partial charge in [0.15, 0.2) is 0 Å². The first-order valence-electron chi connectivity index (χ1n) is 7.37. The Kier molecular flexibility index (Phi) is 8.04. The average Bonchev–Trinajstić information content (AvgIpc) is 2.60. The smallest absolute Gasteiger partial charge is 0.377 e. The van der Waals surface area contributed by atoms with E-state index in [1.807, 2.05) is 6.07 Å².